The Hall–Kier alpha value is -0.660. The van der Waals surface area contributed by atoms with Crippen molar-refractivity contribution in [1.82, 2.24) is 4.72 Å². The van der Waals surface area contributed by atoms with Crippen LogP contribution in [0.1, 0.15) is 27.2 Å². The predicted molar refractivity (Wildman–Crippen MR) is 59.5 cm³/mol. The zero-order valence-electron chi connectivity index (χ0n) is 9.67. The first-order chi connectivity index (χ1) is 7.20. The Morgan fingerprint density at radius 3 is 2.12 bits per heavy atom. The van der Waals surface area contributed by atoms with Gasteiger partial charge in [0.1, 0.15) is 0 Å². The van der Waals surface area contributed by atoms with Gasteiger partial charge in [0.05, 0.1) is 6.61 Å². The molecule has 0 aliphatic heterocycles. The number of hydrogen-bond donors (Lipinski definition) is 3. The van der Waals surface area contributed by atoms with Crippen molar-refractivity contribution in [3.63, 3.8) is 0 Å². The molecule has 0 radical (unpaired) electrons. The lowest BCUT2D eigenvalue weighted by atomic mass is 10.1. The van der Waals surface area contributed by atoms with Crippen LogP contribution in [0.5, 0.6) is 0 Å². The van der Waals surface area contributed by atoms with Gasteiger partial charge in [0.25, 0.3) is 0 Å². The lowest BCUT2D eigenvalue weighted by molar-refractivity contribution is -0.136. The first-order valence-corrected chi connectivity index (χ1v) is 6.60. The summed E-state index contributed by atoms with van der Waals surface area (Å²) in [5, 5.41) is 16.1. The normalized spacial score (nSPS) is 16.1. The average Bonchev–Trinajstić information content (AvgIpc) is 2.14. The standard InChI is InChI=1S/C9H19NO5S/c1-6(2)4-8(5-11)10-16(14,15)7(3)9(12)13/h6-8,10-11H,4-5H2,1-3H3,(H,12,13). The van der Waals surface area contributed by atoms with Gasteiger partial charge in [-0.05, 0) is 19.3 Å². The molecular formula is C9H19NO5S. The number of rotatable bonds is 7. The minimum absolute atomic E-state index is 0.208. The third-order valence-corrected chi connectivity index (χ3v) is 3.91. The van der Waals surface area contributed by atoms with Gasteiger partial charge in [-0.3, -0.25) is 4.79 Å². The van der Waals surface area contributed by atoms with E-state index in [1.165, 1.54) is 0 Å². The van der Waals surface area contributed by atoms with Gasteiger partial charge in [0.2, 0.25) is 10.0 Å². The molecule has 7 heteroatoms. The Labute approximate surface area is 95.7 Å². The van der Waals surface area contributed by atoms with Gasteiger partial charge < -0.3 is 10.2 Å². The van der Waals surface area contributed by atoms with Crippen LogP contribution in [0.25, 0.3) is 0 Å². The molecule has 2 atom stereocenters. The van der Waals surface area contributed by atoms with Crippen LogP contribution in [-0.4, -0.2) is 42.5 Å². The molecule has 0 aromatic heterocycles. The van der Waals surface area contributed by atoms with Gasteiger partial charge in [-0.15, -0.1) is 0 Å². The Bertz CT molecular complexity index is 325. The molecule has 0 aromatic carbocycles. The maximum absolute atomic E-state index is 11.5. The second kappa shape index (κ2) is 6.17. The number of carboxylic acid groups (broad SMARTS) is 1. The maximum atomic E-state index is 11.5. The van der Waals surface area contributed by atoms with Gasteiger partial charge in [-0.25, -0.2) is 13.1 Å². The van der Waals surface area contributed by atoms with Gasteiger partial charge in [0.15, 0.2) is 5.25 Å². The van der Waals surface area contributed by atoms with E-state index in [0.717, 1.165) is 6.92 Å². The van der Waals surface area contributed by atoms with Gasteiger partial charge in [0, 0.05) is 6.04 Å². The first kappa shape index (κ1) is 15.3. The minimum atomic E-state index is -3.93. The molecule has 2 unspecified atom stereocenters. The highest BCUT2D eigenvalue weighted by Gasteiger charge is 2.29. The summed E-state index contributed by atoms with van der Waals surface area (Å²) in [7, 11) is -3.93. The van der Waals surface area contributed by atoms with E-state index in [-0.39, 0.29) is 12.5 Å². The first-order valence-electron chi connectivity index (χ1n) is 5.05. The average molecular weight is 253 g/mol. The highest BCUT2D eigenvalue weighted by molar-refractivity contribution is 7.90. The van der Waals surface area contributed by atoms with Crippen molar-refractivity contribution < 1.29 is 23.4 Å². The van der Waals surface area contributed by atoms with Crippen LogP contribution in [0.4, 0.5) is 0 Å². The summed E-state index contributed by atoms with van der Waals surface area (Å²) in [6, 6.07) is -0.633. The summed E-state index contributed by atoms with van der Waals surface area (Å²) >= 11 is 0. The molecule has 0 aliphatic carbocycles. The van der Waals surface area contributed by atoms with E-state index in [1.54, 1.807) is 0 Å². The number of carboxylic acids is 1. The summed E-state index contributed by atoms with van der Waals surface area (Å²) in [6.07, 6.45) is 0.460. The molecule has 0 heterocycles. The molecular weight excluding hydrogens is 234 g/mol. The van der Waals surface area contributed by atoms with E-state index >= 15 is 0 Å². The van der Waals surface area contributed by atoms with Crippen LogP contribution in [0.3, 0.4) is 0 Å². The van der Waals surface area contributed by atoms with E-state index in [4.69, 9.17) is 10.2 Å². The molecule has 96 valence electrons. The summed E-state index contributed by atoms with van der Waals surface area (Å²) in [6.45, 7) is 4.52. The molecule has 16 heavy (non-hydrogen) atoms. The highest BCUT2D eigenvalue weighted by Crippen LogP contribution is 2.07. The van der Waals surface area contributed by atoms with Crippen molar-refractivity contribution in [2.24, 2.45) is 5.92 Å². The van der Waals surface area contributed by atoms with E-state index in [1.807, 2.05) is 13.8 Å². The maximum Gasteiger partial charge on any atom is 0.323 e. The monoisotopic (exact) mass is 253 g/mol. The van der Waals surface area contributed by atoms with Gasteiger partial charge >= 0.3 is 5.97 Å². The Balaban J connectivity index is 4.61. The van der Waals surface area contributed by atoms with E-state index in [0.29, 0.717) is 6.42 Å². The number of sulfonamides is 1. The summed E-state index contributed by atoms with van der Waals surface area (Å²) in [4.78, 5) is 10.6. The van der Waals surface area contributed by atoms with Crippen LogP contribution >= 0.6 is 0 Å². The molecule has 0 amide bonds. The molecule has 0 fully saturated rings. The smallest absolute Gasteiger partial charge is 0.323 e. The number of aliphatic hydroxyl groups is 1. The van der Waals surface area contributed by atoms with Crippen molar-refractivity contribution in [3.8, 4) is 0 Å². The van der Waals surface area contributed by atoms with E-state index in [9.17, 15) is 13.2 Å². The summed E-state index contributed by atoms with van der Waals surface area (Å²) in [5.41, 5.74) is 0. The summed E-state index contributed by atoms with van der Waals surface area (Å²) < 4.78 is 25.2. The number of aliphatic hydroxyl groups excluding tert-OH is 1. The zero-order valence-corrected chi connectivity index (χ0v) is 10.5. The SMILES string of the molecule is CC(C)CC(CO)NS(=O)(=O)C(C)C(=O)O. The largest absolute Gasteiger partial charge is 0.480 e. The Kier molecular flexibility index (Phi) is 5.91. The topological polar surface area (TPSA) is 104 Å². The molecule has 0 aromatic rings. The van der Waals surface area contributed by atoms with E-state index in [2.05, 4.69) is 4.72 Å². The molecule has 3 N–H and O–H groups in total. The van der Waals surface area contributed by atoms with Crippen molar-refractivity contribution in [2.45, 2.75) is 38.5 Å². The van der Waals surface area contributed by atoms with Gasteiger partial charge in [-0.1, -0.05) is 13.8 Å². The molecule has 0 bridgehead atoms. The lowest BCUT2D eigenvalue weighted by Gasteiger charge is -2.19. The van der Waals surface area contributed by atoms with Crippen LogP contribution < -0.4 is 4.72 Å². The molecule has 0 saturated heterocycles. The number of carbonyl (C=O) groups is 1. The van der Waals surface area contributed by atoms with Crippen LogP contribution in [0.2, 0.25) is 0 Å². The quantitative estimate of drug-likeness (QED) is 0.582. The minimum Gasteiger partial charge on any atom is -0.480 e. The van der Waals surface area contributed by atoms with Crippen LogP contribution in [0.15, 0.2) is 0 Å². The number of aliphatic carboxylic acids is 1. The zero-order chi connectivity index (χ0) is 12.9. The Morgan fingerprint density at radius 2 is 1.81 bits per heavy atom. The van der Waals surface area contributed by atoms with Crippen molar-refractivity contribution in [3.05, 3.63) is 0 Å². The molecule has 0 aliphatic rings. The number of hydrogen-bond acceptors (Lipinski definition) is 4. The van der Waals surface area contributed by atoms with Crippen molar-refractivity contribution in [1.29, 1.82) is 0 Å². The van der Waals surface area contributed by atoms with Crippen LogP contribution in [0, 0.1) is 5.92 Å². The second-order valence-corrected chi connectivity index (χ2v) is 6.19. The fourth-order valence-electron chi connectivity index (χ4n) is 1.20. The third kappa shape index (κ3) is 4.91. The highest BCUT2D eigenvalue weighted by atomic mass is 32.2. The molecule has 0 rings (SSSR count). The van der Waals surface area contributed by atoms with E-state index < -0.39 is 27.3 Å². The Morgan fingerprint density at radius 1 is 1.31 bits per heavy atom. The molecule has 6 nitrogen and oxygen atoms in total. The molecule has 0 saturated carbocycles. The summed E-state index contributed by atoms with van der Waals surface area (Å²) in [5.74, 6) is -1.20. The predicted octanol–water partition coefficient (Wildman–Crippen LogP) is -0.214. The number of nitrogens with one attached hydrogen (secondary N) is 1. The third-order valence-electron chi connectivity index (χ3n) is 2.12. The van der Waals surface area contributed by atoms with Crippen LogP contribution in [-0.2, 0) is 14.8 Å². The fourth-order valence-corrected chi connectivity index (χ4v) is 2.30. The second-order valence-electron chi connectivity index (χ2n) is 4.15. The molecule has 0 spiro atoms. The lowest BCUT2D eigenvalue weighted by Crippen LogP contribution is -2.45. The fraction of sp³-hybridized carbons (Fsp3) is 0.889. The van der Waals surface area contributed by atoms with Crippen molar-refractivity contribution in [2.75, 3.05) is 6.61 Å². The van der Waals surface area contributed by atoms with Gasteiger partial charge in [-0.2, -0.15) is 0 Å². The van der Waals surface area contributed by atoms with Crippen molar-refractivity contribution >= 4 is 16.0 Å².